The Morgan fingerprint density at radius 1 is 0.966 bits per heavy atom. The normalized spacial score (nSPS) is 19.0. The Morgan fingerprint density at radius 3 is 2.34 bits per heavy atom. The van der Waals surface area contributed by atoms with Gasteiger partial charge in [0.1, 0.15) is 17.3 Å². The molecule has 1 nitrogen and oxygen atoms in total. The molecule has 0 aliphatic heterocycles. The second kappa shape index (κ2) is 10.8. The Morgan fingerprint density at radius 2 is 1.69 bits per heavy atom. The molecule has 2 aromatic rings. The Hall–Kier alpha value is -1.90. The molecule has 0 amide bonds. The van der Waals surface area contributed by atoms with Crippen LogP contribution in [0, 0.1) is 17.6 Å². The standard InChI is InChI=1S/C25H29F2NS/c1-2-3-4-5-6-18-7-9-19(10-8-18)20-11-13-21(14-12-20)22-15-24(27)25(28-17-29)16-23(22)26/h11-16,18-19H,2-10H2,1H3. The van der Waals surface area contributed by atoms with Gasteiger partial charge in [-0.25, -0.2) is 8.78 Å². The summed E-state index contributed by atoms with van der Waals surface area (Å²) >= 11 is 4.47. The maximum absolute atomic E-state index is 14.4. The van der Waals surface area contributed by atoms with Crippen LogP contribution in [0.4, 0.5) is 14.5 Å². The number of hydrogen-bond donors (Lipinski definition) is 0. The molecule has 1 saturated carbocycles. The maximum Gasteiger partial charge on any atom is 0.150 e. The molecule has 0 unspecified atom stereocenters. The summed E-state index contributed by atoms with van der Waals surface area (Å²) in [7, 11) is 0. The lowest BCUT2D eigenvalue weighted by molar-refractivity contribution is 0.302. The number of halogens is 2. The molecule has 0 spiro atoms. The minimum atomic E-state index is -0.597. The van der Waals surface area contributed by atoms with Crippen molar-refractivity contribution >= 4 is 23.1 Å². The SMILES string of the molecule is CCCCCCC1CCC(c2ccc(-c3cc(F)c(N=C=S)cc3F)cc2)CC1. The molecule has 0 N–H and O–H groups in total. The summed E-state index contributed by atoms with van der Waals surface area (Å²) in [5, 5.41) is 2.08. The molecule has 0 heterocycles. The predicted octanol–water partition coefficient (Wildman–Crippen LogP) is 8.61. The highest BCUT2D eigenvalue weighted by molar-refractivity contribution is 7.78. The first-order valence-corrected chi connectivity index (χ1v) is 11.2. The van der Waals surface area contributed by atoms with Crippen LogP contribution in [0.5, 0.6) is 0 Å². The zero-order valence-corrected chi connectivity index (χ0v) is 17.9. The molecule has 0 bridgehead atoms. The third-order valence-electron chi connectivity index (χ3n) is 6.21. The first kappa shape index (κ1) is 21.8. The van der Waals surface area contributed by atoms with Crippen LogP contribution in [0.2, 0.25) is 0 Å². The van der Waals surface area contributed by atoms with E-state index in [1.54, 1.807) is 0 Å². The minimum Gasteiger partial charge on any atom is -0.206 e. The quantitative estimate of drug-likeness (QED) is 0.240. The second-order valence-electron chi connectivity index (χ2n) is 8.18. The summed E-state index contributed by atoms with van der Waals surface area (Å²) in [6.45, 7) is 2.26. The molecule has 1 aliphatic rings. The van der Waals surface area contributed by atoms with Crippen molar-refractivity contribution < 1.29 is 8.78 Å². The van der Waals surface area contributed by atoms with E-state index in [0.29, 0.717) is 11.5 Å². The molecule has 0 atom stereocenters. The van der Waals surface area contributed by atoms with E-state index in [2.05, 4.69) is 41.4 Å². The van der Waals surface area contributed by atoms with E-state index in [9.17, 15) is 8.78 Å². The molecule has 0 radical (unpaired) electrons. The van der Waals surface area contributed by atoms with Gasteiger partial charge in [0, 0.05) is 11.6 Å². The lowest BCUT2D eigenvalue weighted by atomic mass is 9.77. The van der Waals surface area contributed by atoms with Crippen LogP contribution in [-0.2, 0) is 0 Å². The number of hydrogen-bond acceptors (Lipinski definition) is 2. The van der Waals surface area contributed by atoms with Gasteiger partial charge in [0.15, 0.2) is 0 Å². The monoisotopic (exact) mass is 413 g/mol. The third-order valence-corrected chi connectivity index (χ3v) is 6.30. The summed E-state index contributed by atoms with van der Waals surface area (Å²) in [6, 6.07) is 10.2. The van der Waals surface area contributed by atoms with Crippen LogP contribution in [0.15, 0.2) is 41.4 Å². The topological polar surface area (TPSA) is 12.4 Å². The van der Waals surface area contributed by atoms with Gasteiger partial charge in [-0.3, -0.25) is 0 Å². The first-order chi connectivity index (χ1) is 14.1. The minimum absolute atomic E-state index is 0.121. The fourth-order valence-electron chi connectivity index (χ4n) is 4.47. The van der Waals surface area contributed by atoms with Crippen LogP contribution in [-0.4, -0.2) is 5.16 Å². The third kappa shape index (κ3) is 5.81. The Labute approximate surface area is 178 Å². The van der Waals surface area contributed by atoms with E-state index in [1.165, 1.54) is 69.4 Å². The van der Waals surface area contributed by atoms with Gasteiger partial charge < -0.3 is 0 Å². The zero-order valence-electron chi connectivity index (χ0n) is 17.1. The van der Waals surface area contributed by atoms with Gasteiger partial charge in [0.05, 0.1) is 5.16 Å². The van der Waals surface area contributed by atoms with E-state index >= 15 is 0 Å². The average molecular weight is 414 g/mol. The summed E-state index contributed by atoms with van der Waals surface area (Å²) in [5.41, 5.74) is 2.10. The van der Waals surface area contributed by atoms with Gasteiger partial charge >= 0.3 is 0 Å². The number of aliphatic imine (C=N–C) groups is 1. The van der Waals surface area contributed by atoms with Gasteiger partial charge in [0.2, 0.25) is 0 Å². The summed E-state index contributed by atoms with van der Waals surface area (Å²) in [5.74, 6) is 0.358. The molecule has 0 aromatic heterocycles. The summed E-state index contributed by atoms with van der Waals surface area (Å²) in [6.07, 6.45) is 11.8. The number of rotatable bonds is 8. The van der Waals surface area contributed by atoms with Crippen molar-refractivity contribution in [2.75, 3.05) is 0 Å². The Kier molecular flexibility index (Phi) is 8.09. The average Bonchev–Trinajstić information content (AvgIpc) is 2.74. The molecule has 29 heavy (non-hydrogen) atoms. The second-order valence-corrected chi connectivity index (χ2v) is 8.36. The van der Waals surface area contributed by atoms with Crippen LogP contribution < -0.4 is 0 Å². The lowest BCUT2D eigenvalue weighted by Gasteiger charge is -2.29. The van der Waals surface area contributed by atoms with Gasteiger partial charge in [-0.1, -0.05) is 63.3 Å². The Bertz CT molecular complexity index is 848. The number of isothiocyanates is 1. The highest BCUT2D eigenvalue weighted by atomic mass is 32.1. The molecule has 154 valence electrons. The van der Waals surface area contributed by atoms with Crippen molar-refractivity contribution in [2.45, 2.75) is 70.6 Å². The van der Waals surface area contributed by atoms with Crippen molar-refractivity contribution in [2.24, 2.45) is 10.9 Å². The van der Waals surface area contributed by atoms with Crippen LogP contribution in [0.25, 0.3) is 11.1 Å². The maximum atomic E-state index is 14.4. The molecule has 4 heteroatoms. The predicted molar refractivity (Wildman–Crippen MR) is 120 cm³/mol. The fraction of sp³-hybridized carbons (Fsp3) is 0.480. The largest absolute Gasteiger partial charge is 0.206 e. The number of thiocarbonyl (C=S) groups is 1. The molecule has 2 aromatic carbocycles. The van der Waals surface area contributed by atoms with E-state index in [-0.39, 0.29) is 11.3 Å². The van der Waals surface area contributed by atoms with Gasteiger partial charge in [-0.2, -0.15) is 4.99 Å². The van der Waals surface area contributed by atoms with Crippen molar-refractivity contribution in [3.63, 3.8) is 0 Å². The molecular formula is C25H29F2NS. The number of nitrogens with zero attached hydrogens (tertiary/aromatic N) is 1. The number of benzene rings is 2. The molecule has 1 fully saturated rings. The lowest BCUT2D eigenvalue weighted by Crippen LogP contribution is -2.13. The number of unbranched alkanes of at least 4 members (excludes halogenated alkanes) is 3. The van der Waals surface area contributed by atoms with E-state index < -0.39 is 11.6 Å². The van der Waals surface area contributed by atoms with Crippen molar-refractivity contribution in [1.29, 1.82) is 0 Å². The zero-order chi connectivity index (χ0) is 20.6. The molecule has 3 rings (SSSR count). The van der Waals surface area contributed by atoms with Gasteiger partial charge in [-0.05, 0) is 66.9 Å². The Balaban J connectivity index is 1.61. The van der Waals surface area contributed by atoms with Crippen LogP contribution >= 0.6 is 12.2 Å². The fourth-order valence-corrected chi connectivity index (χ4v) is 4.57. The molecule has 0 saturated heterocycles. The van der Waals surface area contributed by atoms with Crippen molar-refractivity contribution in [1.82, 2.24) is 0 Å². The molecule has 1 aliphatic carbocycles. The van der Waals surface area contributed by atoms with E-state index in [0.717, 1.165) is 12.0 Å². The highest BCUT2D eigenvalue weighted by Gasteiger charge is 2.22. The van der Waals surface area contributed by atoms with Gasteiger partial charge in [0.25, 0.3) is 0 Å². The van der Waals surface area contributed by atoms with E-state index in [1.807, 2.05) is 12.1 Å². The first-order valence-electron chi connectivity index (χ1n) is 10.8. The van der Waals surface area contributed by atoms with Crippen molar-refractivity contribution in [3.05, 3.63) is 53.6 Å². The van der Waals surface area contributed by atoms with E-state index in [4.69, 9.17) is 0 Å². The van der Waals surface area contributed by atoms with Crippen molar-refractivity contribution in [3.8, 4) is 11.1 Å². The summed E-state index contributed by atoms with van der Waals surface area (Å²) in [4.78, 5) is 3.56. The summed E-state index contributed by atoms with van der Waals surface area (Å²) < 4.78 is 28.5. The van der Waals surface area contributed by atoms with Crippen LogP contribution in [0.1, 0.15) is 76.2 Å². The molecular weight excluding hydrogens is 384 g/mol. The highest BCUT2D eigenvalue weighted by Crippen LogP contribution is 2.38. The smallest absolute Gasteiger partial charge is 0.150 e. The van der Waals surface area contributed by atoms with Crippen LogP contribution in [0.3, 0.4) is 0 Å². The van der Waals surface area contributed by atoms with Gasteiger partial charge in [-0.15, -0.1) is 0 Å².